The lowest BCUT2D eigenvalue weighted by molar-refractivity contribution is -0.166. The molecule has 1 saturated heterocycles. The number of aryl methyl sites for hydroxylation is 1. The van der Waals surface area contributed by atoms with Crippen molar-refractivity contribution in [2.24, 2.45) is 4.99 Å². The van der Waals surface area contributed by atoms with E-state index in [4.69, 9.17) is 27.0 Å². The van der Waals surface area contributed by atoms with Crippen LogP contribution in [0.1, 0.15) is 32.8 Å². The number of nitrogens with zero attached hydrogens (tertiary/aromatic N) is 2. The molecule has 0 saturated carbocycles. The minimum Gasteiger partial charge on any atom is -0.497 e. The van der Waals surface area contributed by atoms with Gasteiger partial charge in [0.05, 0.1) is 13.7 Å². The van der Waals surface area contributed by atoms with Gasteiger partial charge in [-0.25, -0.2) is 4.79 Å². The predicted octanol–water partition coefficient (Wildman–Crippen LogP) is 4.57. The molecule has 2 aliphatic heterocycles. The zero-order valence-corrected chi connectivity index (χ0v) is 24.1. The maximum atomic E-state index is 13.3. The number of amides is 1. The van der Waals surface area contributed by atoms with Gasteiger partial charge in [0.15, 0.2) is 11.0 Å². The number of carbonyl (C=O) groups excluding carboxylic acids is 2. The van der Waals surface area contributed by atoms with Crippen LogP contribution >= 0.6 is 34.8 Å². The van der Waals surface area contributed by atoms with E-state index in [9.17, 15) is 9.59 Å². The second-order valence-electron chi connectivity index (χ2n) is 9.44. The van der Waals surface area contributed by atoms with Gasteiger partial charge >= 0.3 is 6.09 Å². The summed E-state index contributed by atoms with van der Waals surface area (Å²) in [7, 11) is 3.21. The van der Waals surface area contributed by atoms with Crippen LogP contribution in [-0.2, 0) is 28.5 Å². The minimum absolute atomic E-state index is 0.0901. The highest BCUT2D eigenvalue weighted by Crippen LogP contribution is 2.40. The van der Waals surface area contributed by atoms with E-state index in [0.29, 0.717) is 11.6 Å². The molecular formula is C25H33IN2O7S. The third-order valence-corrected chi connectivity index (χ3v) is 7.40. The number of fused-ring (bicyclic) bond motifs is 1. The van der Waals surface area contributed by atoms with E-state index in [1.165, 1.54) is 16.7 Å². The zero-order chi connectivity index (χ0) is 26.5. The number of ketones is 1. The number of hydrogen-bond donors (Lipinski definition) is 0. The van der Waals surface area contributed by atoms with E-state index < -0.39 is 41.5 Å². The molecule has 9 nitrogen and oxygen atoms in total. The number of Topliss-reactive ketones (excluding diaryl/α,β-unsaturated/α-hetero) is 1. The number of ether oxygens (including phenoxy) is 4. The molecule has 1 fully saturated rings. The standard InChI is InChI=1S/C25H33IN2O7S/c1-7-14-32-20-18-22(36-23(27-18)28(5)24(30)34-25(2,3)4)33-19(21(20)35-26)17(29)13-10-15-8-11-16(31-6)12-9-15/h7-9,11-12,18-22H,1,10,13-14H2,2-6H3/t18-,19-,20-,21-,22-/m1/s1. The van der Waals surface area contributed by atoms with E-state index >= 15 is 0 Å². The summed E-state index contributed by atoms with van der Waals surface area (Å²) >= 11 is 3.05. The van der Waals surface area contributed by atoms with Gasteiger partial charge in [0.1, 0.15) is 64.1 Å². The highest BCUT2D eigenvalue weighted by molar-refractivity contribution is 14.1. The number of thioether (sulfide) groups is 1. The summed E-state index contributed by atoms with van der Waals surface area (Å²) in [5.41, 5.74) is -0.142. The van der Waals surface area contributed by atoms with E-state index in [1.54, 1.807) is 64.0 Å². The first-order chi connectivity index (χ1) is 17.1. The van der Waals surface area contributed by atoms with Crippen molar-refractivity contribution in [2.45, 2.75) is 69.0 Å². The summed E-state index contributed by atoms with van der Waals surface area (Å²) in [5, 5.41) is 0.435. The third kappa shape index (κ3) is 7.21. The zero-order valence-electron chi connectivity index (χ0n) is 21.1. The number of hydrogen-bond acceptors (Lipinski definition) is 9. The van der Waals surface area contributed by atoms with Crippen molar-refractivity contribution in [3.63, 3.8) is 0 Å². The van der Waals surface area contributed by atoms with Crippen LogP contribution in [0, 0.1) is 0 Å². The monoisotopic (exact) mass is 632 g/mol. The van der Waals surface area contributed by atoms with Gasteiger partial charge in [-0.05, 0) is 44.9 Å². The van der Waals surface area contributed by atoms with Crippen LogP contribution in [0.3, 0.4) is 0 Å². The normalized spacial score (nSPS) is 25.5. The molecule has 198 valence electrons. The molecule has 11 heteroatoms. The number of rotatable bonds is 9. The smallest absolute Gasteiger partial charge is 0.416 e. The number of carbonyl (C=O) groups is 2. The number of aliphatic imine (C=N–C) groups is 1. The molecule has 0 aliphatic carbocycles. The Balaban J connectivity index is 1.75. The molecule has 2 heterocycles. The quantitative estimate of drug-likeness (QED) is 0.289. The maximum Gasteiger partial charge on any atom is 0.416 e. The van der Waals surface area contributed by atoms with Gasteiger partial charge in [-0.15, -0.1) is 6.58 Å². The molecule has 0 spiro atoms. The van der Waals surface area contributed by atoms with E-state index in [1.807, 2.05) is 24.3 Å². The van der Waals surface area contributed by atoms with Gasteiger partial charge in [0.25, 0.3) is 0 Å². The first kappa shape index (κ1) is 28.9. The van der Waals surface area contributed by atoms with Gasteiger partial charge in [0, 0.05) is 13.5 Å². The lowest BCUT2D eigenvalue weighted by Crippen LogP contribution is -2.58. The third-order valence-electron chi connectivity index (χ3n) is 5.60. The summed E-state index contributed by atoms with van der Waals surface area (Å²) < 4.78 is 28.6. The summed E-state index contributed by atoms with van der Waals surface area (Å²) in [5.74, 6) is 0.672. The van der Waals surface area contributed by atoms with E-state index in [0.717, 1.165) is 11.3 Å². The molecular weight excluding hydrogens is 599 g/mol. The van der Waals surface area contributed by atoms with Gasteiger partial charge in [-0.3, -0.25) is 14.7 Å². The van der Waals surface area contributed by atoms with E-state index in [-0.39, 0.29) is 18.8 Å². The van der Waals surface area contributed by atoms with Gasteiger partial charge in [-0.2, -0.15) is 0 Å². The fraction of sp³-hybridized carbons (Fsp3) is 0.560. The molecule has 2 aliphatic rings. The van der Waals surface area contributed by atoms with Gasteiger partial charge in [0.2, 0.25) is 0 Å². The molecule has 1 aromatic rings. The maximum absolute atomic E-state index is 13.3. The highest BCUT2D eigenvalue weighted by atomic mass is 127. The van der Waals surface area contributed by atoms with Gasteiger partial charge in [-0.1, -0.05) is 30.0 Å². The molecule has 5 atom stereocenters. The summed E-state index contributed by atoms with van der Waals surface area (Å²) in [4.78, 5) is 32.0. The molecule has 0 bridgehead atoms. The SMILES string of the molecule is C=CCO[C@@H]1[C@H]2N=C(N(C)C(=O)OC(C)(C)C)S[C@H]2O[C@H](C(=O)CCc2ccc(OC)cc2)[C@H]1OI. The van der Waals surface area contributed by atoms with Crippen molar-refractivity contribution in [2.75, 3.05) is 20.8 Å². The first-order valence-corrected chi connectivity index (χ1v) is 13.4. The molecule has 3 rings (SSSR count). The topological polar surface area (TPSA) is 95.9 Å². The average molecular weight is 633 g/mol. The Labute approximate surface area is 230 Å². The van der Waals surface area contributed by atoms with Crippen molar-refractivity contribution in [3.8, 4) is 5.75 Å². The molecule has 1 aromatic carbocycles. The molecule has 36 heavy (non-hydrogen) atoms. The van der Waals surface area contributed by atoms with Crippen molar-refractivity contribution in [1.82, 2.24) is 4.90 Å². The fourth-order valence-electron chi connectivity index (χ4n) is 3.82. The lowest BCUT2D eigenvalue weighted by Gasteiger charge is -2.40. The van der Waals surface area contributed by atoms with Crippen LogP contribution in [0.25, 0.3) is 0 Å². The molecule has 0 aromatic heterocycles. The van der Waals surface area contributed by atoms with Crippen LogP contribution in [0.2, 0.25) is 0 Å². The average Bonchev–Trinajstić information content (AvgIpc) is 3.28. The Kier molecular flexibility index (Phi) is 10.2. The van der Waals surface area contributed by atoms with Crippen LogP contribution in [-0.4, -0.2) is 78.1 Å². The van der Waals surface area contributed by atoms with Crippen molar-refractivity contribution >= 4 is 51.8 Å². The Hall–Kier alpha value is -1.67. The lowest BCUT2D eigenvalue weighted by atomic mass is 9.93. The molecule has 0 unspecified atom stereocenters. The van der Waals surface area contributed by atoms with Crippen molar-refractivity contribution in [1.29, 1.82) is 0 Å². The Morgan fingerprint density at radius 1 is 1.25 bits per heavy atom. The molecule has 1 amide bonds. The second-order valence-corrected chi connectivity index (χ2v) is 11.0. The van der Waals surface area contributed by atoms with Crippen molar-refractivity contribution < 1.29 is 31.6 Å². The summed E-state index contributed by atoms with van der Waals surface area (Å²) in [6.45, 7) is 9.39. The first-order valence-electron chi connectivity index (χ1n) is 11.6. The van der Waals surface area contributed by atoms with Crippen LogP contribution in [0.4, 0.5) is 4.79 Å². The predicted molar refractivity (Wildman–Crippen MR) is 147 cm³/mol. The summed E-state index contributed by atoms with van der Waals surface area (Å²) in [6, 6.07) is 7.14. The Bertz CT molecular complexity index is 966. The van der Waals surface area contributed by atoms with Crippen molar-refractivity contribution in [3.05, 3.63) is 42.5 Å². The minimum atomic E-state index is -0.843. The number of benzene rings is 1. The van der Waals surface area contributed by atoms with Gasteiger partial charge < -0.3 is 22.0 Å². The largest absolute Gasteiger partial charge is 0.497 e. The molecule has 0 radical (unpaired) electrons. The van der Waals surface area contributed by atoms with Crippen LogP contribution in [0.5, 0.6) is 5.75 Å². The summed E-state index contributed by atoms with van der Waals surface area (Å²) in [6.07, 6.45) is -0.144. The van der Waals surface area contributed by atoms with Crippen LogP contribution < -0.4 is 4.74 Å². The van der Waals surface area contributed by atoms with E-state index in [2.05, 4.69) is 6.58 Å². The molecule has 0 N–H and O–H groups in total. The Morgan fingerprint density at radius 3 is 2.53 bits per heavy atom. The number of methoxy groups -OCH3 is 1. The number of amidine groups is 1. The second kappa shape index (κ2) is 12.7. The fourth-order valence-corrected chi connectivity index (χ4v) is 5.53. The highest BCUT2D eigenvalue weighted by Gasteiger charge is 2.53. The van der Waals surface area contributed by atoms with Crippen LogP contribution in [0.15, 0.2) is 41.9 Å². The number of halogens is 1. The Morgan fingerprint density at radius 2 is 1.94 bits per heavy atom.